The minimum Gasteiger partial charge on any atom is -0.316 e. The average Bonchev–Trinajstić information content (AvgIpc) is 2.46. The molecule has 0 aromatic heterocycles. The lowest BCUT2D eigenvalue weighted by atomic mass is 10.1. The van der Waals surface area contributed by atoms with Crippen LogP contribution >= 0.6 is 15.9 Å². The van der Waals surface area contributed by atoms with Crippen molar-refractivity contribution in [2.75, 3.05) is 7.05 Å². The summed E-state index contributed by atoms with van der Waals surface area (Å²) in [7, 11) is 2.03. The van der Waals surface area contributed by atoms with Crippen LogP contribution < -0.4 is 5.32 Å². The molecule has 1 aliphatic rings. The lowest BCUT2D eigenvalue weighted by Crippen LogP contribution is -2.24. The number of hydrogen-bond donors (Lipinski definition) is 1. The van der Waals surface area contributed by atoms with E-state index in [4.69, 9.17) is 0 Å². The Labute approximate surface area is 81.3 Å². The molecule has 0 heterocycles. The van der Waals surface area contributed by atoms with Gasteiger partial charge in [0.1, 0.15) is 0 Å². The SMILES string of the molecule is CN[C@@H]1Cc2ccc(Br)cc2C1. The number of likely N-dealkylation sites (N-methyl/N-ethyl adjacent to an activating group) is 1. The van der Waals surface area contributed by atoms with E-state index in [2.05, 4.69) is 39.4 Å². The van der Waals surface area contributed by atoms with Crippen molar-refractivity contribution in [2.45, 2.75) is 18.9 Å². The summed E-state index contributed by atoms with van der Waals surface area (Å²) in [6.45, 7) is 0. The maximum atomic E-state index is 3.49. The molecule has 1 aliphatic carbocycles. The molecule has 0 saturated carbocycles. The van der Waals surface area contributed by atoms with Gasteiger partial charge in [0, 0.05) is 10.5 Å². The molecule has 1 N–H and O–H groups in total. The number of hydrogen-bond acceptors (Lipinski definition) is 1. The second-order valence-corrected chi connectivity index (χ2v) is 4.22. The van der Waals surface area contributed by atoms with Gasteiger partial charge in [0.15, 0.2) is 0 Å². The van der Waals surface area contributed by atoms with Crippen LogP contribution in [0.15, 0.2) is 22.7 Å². The molecular weight excluding hydrogens is 214 g/mol. The van der Waals surface area contributed by atoms with Crippen molar-refractivity contribution >= 4 is 15.9 Å². The smallest absolute Gasteiger partial charge is 0.0178 e. The normalized spacial score (nSPS) is 21.0. The highest BCUT2D eigenvalue weighted by molar-refractivity contribution is 9.10. The third-order valence-corrected chi connectivity index (χ3v) is 3.00. The Balaban J connectivity index is 2.30. The van der Waals surface area contributed by atoms with Gasteiger partial charge in [-0.15, -0.1) is 0 Å². The van der Waals surface area contributed by atoms with E-state index in [1.165, 1.54) is 28.4 Å². The van der Waals surface area contributed by atoms with E-state index in [1.54, 1.807) is 0 Å². The molecule has 1 aromatic carbocycles. The molecule has 12 heavy (non-hydrogen) atoms. The van der Waals surface area contributed by atoms with Crippen molar-refractivity contribution in [1.82, 2.24) is 5.32 Å². The summed E-state index contributed by atoms with van der Waals surface area (Å²) in [5, 5.41) is 3.31. The number of nitrogens with one attached hydrogen (secondary N) is 1. The number of fused-ring (bicyclic) bond motifs is 1. The molecule has 0 bridgehead atoms. The summed E-state index contributed by atoms with van der Waals surface area (Å²) >= 11 is 3.49. The summed E-state index contributed by atoms with van der Waals surface area (Å²) in [4.78, 5) is 0. The summed E-state index contributed by atoms with van der Waals surface area (Å²) in [6.07, 6.45) is 2.35. The molecule has 0 fully saturated rings. The van der Waals surface area contributed by atoms with Gasteiger partial charge in [0.05, 0.1) is 0 Å². The van der Waals surface area contributed by atoms with Gasteiger partial charge in [-0.05, 0) is 43.1 Å². The maximum absolute atomic E-state index is 3.49. The second-order valence-electron chi connectivity index (χ2n) is 3.31. The van der Waals surface area contributed by atoms with Crippen molar-refractivity contribution < 1.29 is 0 Å². The third kappa shape index (κ3) is 1.41. The first-order valence-electron chi connectivity index (χ1n) is 4.24. The van der Waals surface area contributed by atoms with E-state index in [0.29, 0.717) is 6.04 Å². The summed E-state index contributed by atoms with van der Waals surface area (Å²) in [6, 6.07) is 7.22. The highest BCUT2D eigenvalue weighted by Gasteiger charge is 2.19. The highest BCUT2D eigenvalue weighted by atomic mass is 79.9. The van der Waals surface area contributed by atoms with E-state index in [-0.39, 0.29) is 0 Å². The number of rotatable bonds is 1. The molecule has 0 saturated heterocycles. The summed E-state index contributed by atoms with van der Waals surface area (Å²) < 4.78 is 1.19. The van der Waals surface area contributed by atoms with Crippen molar-refractivity contribution in [2.24, 2.45) is 0 Å². The van der Waals surface area contributed by atoms with E-state index >= 15 is 0 Å². The van der Waals surface area contributed by atoms with Gasteiger partial charge in [-0.3, -0.25) is 0 Å². The molecule has 0 spiro atoms. The van der Waals surface area contributed by atoms with Crippen LogP contribution in [0.5, 0.6) is 0 Å². The predicted octanol–water partition coefficient (Wildman–Crippen LogP) is 2.14. The average molecular weight is 226 g/mol. The zero-order chi connectivity index (χ0) is 8.55. The molecule has 0 unspecified atom stereocenters. The van der Waals surface area contributed by atoms with Gasteiger partial charge in [-0.1, -0.05) is 22.0 Å². The molecule has 2 heteroatoms. The molecule has 1 atom stereocenters. The van der Waals surface area contributed by atoms with Gasteiger partial charge in [-0.2, -0.15) is 0 Å². The fourth-order valence-corrected chi connectivity index (χ4v) is 2.20. The zero-order valence-electron chi connectivity index (χ0n) is 7.10. The van der Waals surface area contributed by atoms with Crippen LogP contribution in [0.25, 0.3) is 0 Å². The maximum Gasteiger partial charge on any atom is 0.0178 e. The number of benzene rings is 1. The van der Waals surface area contributed by atoms with Crippen LogP contribution in [-0.2, 0) is 12.8 Å². The molecule has 64 valence electrons. The summed E-state index contributed by atoms with van der Waals surface area (Å²) in [5.41, 5.74) is 2.99. The van der Waals surface area contributed by atoms with Crippen LogP contribution in [0.4, 0.5) is 0 Å². The topological polar surface area (TPSA) is 12.0 Å². The largest absolute Gasteiger partial charge is 0.316 e. The first-order valence-corrected chi connectivity index (χ1v) is 5.03. The first kappa shape index (κ1) is 8.27. The Hall–Kier alpha value is -0.340. The van der Waals surface area contributed by atoms with Crippen LogP contribution in [0.2, 0.25) is 0 Å². The van der Waals surface area contributed by atoms with Crippen LogP contribution in [-0.4, -0.2) is 13.1 Å². The van der Waals surface area contributed by atoms with E-state index < -0.39 is 0 Å². The van der Waals surface area contributed by atoms with E-state index in [0.717, 1.165) is 0 Å². The lowest BCUT2D eigenvalue weighted by molar-refractivity contribution is 0.593. The van der Waals surface area contributed by atoms with E-state index in [1.807, 2.05) is 7.05 Å². The Morgan fingerprint density at radius 3 is 2.83 bits per heavy atom. The summed E-state index contributed by atoms with van der Waals surface area (Å²) in [5.74, 6) is 0. The Morgan fingerprint density at radius 2 is 2.08 bits per heavy atom. The molecular formula is C10H12BrN. The first-order chi connectivity index (χ1) is 5.79. The highest BCUT2D eigenvalue weighted by Crippen LogP contribution is 2.25. The van der Waals surface area contributed by atoms with Gasteiger partial charge < -0.3 is 5.32 Å². The van der Waals surface area contributed by atoms with Gasteiger partial charge in [0.25, 0.3) is 0 Å². The molecule has 1 aromatic rings. The molecule has 1 nitrogen and oxygen atoms in total. The quantitative estimate of drug-likeness (QED) is 0.773. The molecule has 2 rings (SSSR count). The molecule has 0 amide bonds. The van der Waals surface area contributed by atoms with Gasteiger partial charge in [-0.25, -0.2) is 0 Å². The number of halogens is 1. The molecule has 0 aliphatic heterocycles. The monoisotopic (exact) mass is 225 g/mol. The minimum absolute atomic E-state index is 0.648. The fraction of sp³-hybridized carbons (Fsp3) is 0.400. The lowest BCUT2D eigenvalue weighted by Gasteiger charge is -2.04. The van der Waals surface area contributed by atoms with Crippen molar-refractivity contribution in [1.29, 1.82) is 0 Å². The standard InChI is InChI=1S/C10H12BrN/c1-12-10-5-7-2-3-9(11)4-8(7)6-10/h2-4,10,12H,5-6H2,1H3/t10-/m1/s1. The Morgan fingerprint density at radius 1 is 1.33 bits per heavy atom. The third-order valence-electron chi connectivity index (χ3n) is 2.51. The van der Waals surface area contributed by atoms with Crippen LogP contribution in [0.3, 0.4) is 0 Å². The van der Waals surface area contributed by atoms with Crippen molar-refractivity contribution in [3.63, 3.8) is 0 Å². The van der Waals surface area contributed by atoms with Crippen molar-refractivity contribution in [3.8, 4) is 0 Å². The predicted molar refractivity (Wildman–Crippen MR) is 54.4 cm³/mol. The fourth-order valence-electron chi connectivity index (χ4n) is 1.79. The van der Waals surface area contributed by atoms with Crippen LogP contribution in [0.1, 0.15) is 11.1 Å². The Kier molecular flexibility index (Phi) is 2.20. The van der Waals surface area contributed by atoms with Crippen molar-refractivity contribution in [3.05, 3.63) is 33.8 Å². The Bertz CT molecular complexity index is 296. The van der Waals surface area contributed by atoms with Gasteiger partial charge in [0.2, 0.25) is 0 Å². The second kappa shape index (κ2) is 3.19. The van der Waals surface area contributed by atoms with Crippen LogP contribution in [0, 0.1) is 0 Å². The zero-order valence-corrected chi connectivity index (χ0v) is 8.69. The van der Waals surface area contributed by atoms with E-state index in [9.17, 15) is 0 Å². The van der Waals surface area contributed by atoms with Gasteiger partial charge >= 0.3 is 0 Å². The molecule has 0 radical (unpaired) electrons. The minimum atomic E-state index is 0.648.